The van der Waals surface area contributed by atoms with Crippen LogP contribution in [0.15, 0.2) is 0 Å². The number of rotatable bonds is 3. The Labute approximate surface area is 86.7 Å². The molecule has 0 aromatic heterocycles. The van der Waals surface area contributed by atoms with Gasteiger partial charge in [-0.15, -0.1) is 0 Å². The van der Waals surface area contributed by atoms with Crippen LogP contribution in [-0.4, -0.2) is 64.8 Å². The van der Waals surface area contributed by atoms with E-state index in [9.17, 15) is 9.00 Å². The van der Waals surface area contributed by atoms with Crippen LogP contribution in [0.25, 0.3) is 0 Å². The van der Waals surface area contributed by atoms with Crippen molar-refractivity contribution >= 4 is 16.0 Å². The molecule has 5 nitrogen and oxygen atoms in total. The lowest BCUT2D eigenvalue weighted by Crippen LogP contribution is -2.45. The largest absolute Gasteiger partial charge is 0.358 e. The van der Waals surface area contributed by atoms with Gasteiger partial charge in [0.15, 0.2) is 0 Å². The van der Waals surface area contributed by atoms with Gasteiger partial charge in [0.25, 0.3) is 0 Å². The molecule has 0 aromatic rings. The van der Waals surface area contributed by atoms with Crippen LogP contribution in [-0.2, 0) is 10.8 Å². The molecule has 1 atom stereocenters. The van der Waals surface area contributed by atoms with Gasteiger partial charge in [-0.2, -0.15) is 0 Å². The van der Waals surface area contributed by atoms with Crippen molar-refractivity contribution in [2.24, 2.45) is 5.73 Å². The summed E-state index contributed by atoms with van der Waals surface area (Å²) in [6.45, 7) is 4.72. The Kier molecular flexibility index (Phi) is 4.50. The first-order valence-electron chi connectivity index (χ1n) is 4.68. The molecule has 2 N–H and O–H groups in total. The van der Waals surface area contributed by atoms with E-state index in [0.717, 1.165) is 26.2 Å². The van der Waals surface area contributed by atoms with Gasteiger partial charge < -0.3 is 10.6 Å². The Morgan fingerprint density at radius 3 is 2.43 bits per heavy atom. The molecule has 1 saturated heterocycles. The first kappa shape index (κ1) is 11.6. The van der Waals surface area contributed by atoms with Crippen LogP contribution in [0.2, 0.25) is 0 Å². The van der Waals surface area contributed by atoms with Crippen LogP contribution >= 0.6 is 0 Å². The lowest BCUT2D eigenvalue weighted by molar-refractivity contribution is 0.161. The van der Waals surface area contributed by atoms with E-state index in [4.69, 9.17) is 5.73 Å². The zero-order chi connectivity index (χ0) is 10.6. The normalized spacial score (nSPS) is 22.1. The highest BCUT2D eigenvalue weighted by Gasteiger charge is 2.15. The topological polar surface area (TPSA) is 66.6 Å². The molecule has 82 valence electrons. The predicted molar refractivity (Wildman–Crippen MR) is 56.5 cm³/mol. The number of hydrogen-bond acceptors (Lipinski definition) is 4. The molecule has 1 unspecified atom stereocenters. The first-order valence-corrected chi connectivity index (χ1v) is 6.00. The lowest BCUT2D eigenvalue weighted by atomic mass is 10.3. The number of likely N-dealkylation sites (N-methyl/N-ethyl adjacent to an activating group) is 1. The second kappa shape index (κ2) is 5.43. The van der Waals surface area contributed by atoms with Gasteiger partial charge in [-0.1, -0.05) is 0 Å². The maximum Gasteiger partial charge on any atom is 0.306 e. The second-order valence-electron chi connectivity index (χ2n) is 3.51. The third kappa shape index (κ3) is 3.73. The summed E-state index contributed by atoms with van der Waals surface area (Å²) in [5.74, 6) is 0.360. The molecule has 1 aliphatic rings. The Bertz CT molecular complexity index is 227. The molecule has 0 radical (unpaired) electrons. The van der Waals surface area contributed by atoms with Crippen molar-refractivity contribution < 1.29 is 9.00 Å². The second-order valence-corrected chi connectivity index (χ2v) is 5.02. The maximum atomic E-state index is 11.0. The van der Waals surface area contributed by atoms with Crippen molar-refractivity contribution in [3.05, 3.63) is 0 Å². The van der Waals surface area contributed by atoms with Gasteiger partial charge in [-0.25, -0.2) is 4.21 Å². The van der Waals surface area contributed by atoms with Gasteiger partial charge in [0.2, 0.25) is 0 Å². The van der Waals surface area contributed by atoms with Gasteiger partial charge in [0, 0.05) is 38.5 Å². The van der Waals surface area contributed by atoms with Crippen LogP contribution in [0.5, 0.6) is 0 Å². The van der Waals surface area contributed by atoms with Gasteiger partial charge in [0.1, 0.15) is 10.8 Å². The Morgan fingerprint density at radius 2 is 1.93 bits per heavy atom. The summed E-state index contributed by atoms with van der Waals surface area (Å²) in [5.41, 5.74) is 4.91. The fraction of sp³-hybridized carbons (Fsp3) is 0.875. The number of nitrogens with two attached hydrogens (primary N) is 1. The Balaban J connectivity index is 2.19. The summed E-state index contributed by atoms with van der Waals surface area (Å²) >= 11 is 0. The minimum Gasteiger partial charge on any atom is -0.358 e. The predicted octanol–water partition coefficient (Wildman–Crippen LogP) is -0.939. The van der Waals surface area contributed by atoms with Gasteiger partial charge in [-0.3, -0.25) is 9.69 Å². The van der Waals surface area contributed by atoms with Gasteiger partial charge >= 0.3 is 5.24 Å². The molecule has 1 aliphatic heterocycles. The minimum atomic E-state index is -1.50. The van der Waals surface area contributed by atoms with E-state index < -0.39 is 16.0 Å². The van der Waals surface area contributed by atoms with E-state index in [1.807, 2.05) is 0 Å². The minimum absolute atomic E-state index is 0.360. The molecule has 1 amide bonds. The van der Waals surface area contributed by atoms with Crippen LogP contribution in [0.4, 0.5) is 4.79 Å². The summed E-state index contributed by atoms with van der Waals surface area (Å²) in [6, 6.07) is 0. The third-order valence-corrected chi connectivity index (χ3v) is 3.42. The number of piperazine rings is 1. The zero-order valence-electron chi connectivity index (χ0n) is 8.44. The Hall–Kier alpha value is -0.460. The maximum absolute atomic E-state index is 11.0. The van der Waals surface area contributed by atoms with E-state index in [1.165, 1.54) is 0 Å². The van der Waals surface area contributed by atoms with Crippen LogP contribution in [0.3, 0.4) is 0 Å². The molecule has 0 bridgehead atoms. The fourth-order valence-electron chi connectivity index (χ4n) is 1.38. The smallest absolute Gasteiger partial charge is 0.306 e. The van der Waals surface area contributed by atoms with Crippen LogP contribution in [0, 0.1) is 0 Å². The number of hydrogen-bond donors (Lipinski definition) is 1. The number of carbonyl (C=O) groups excluding carboxylic acids is 1. The molecule has 0 saturated carbocycles. The van der Waals surface area contributed by atoms with Gasteiger partial charge in [-0.05, 0) is 7.05 Å². The van der Waals surface area contributed by atoms with Crippen LogP contribution < -0.4 is 5.73 Å². The summed E-state index contributed by atoms with van der Waals surface area (Å²) in [5, 5.41) is -0.709. The number of amides is 1. The molecule has 6 heteroatoms. The van der Waals surface area contributed by atoms with E-state index in [-0.39, 0.29) is 0 Å². The van der Waals surface area contributed by atoms with Crippen molar-refractivity contribution in [3.8, 4) is 0 Å². The molecular formula is C8H17N3O2S. The van der Waals surface area contributed by atoms with Crippen molar-refractivity contribution in [2.45, 2.75) is 0 Å². The Morgan fingerprint density at radius 1 is 1.36 bits per heavy atom. The summed E-state index contributed by atoms with van der Waals surface area (Å²) < 4.78 is 11.0. The van der Waals surface area contributed by atoms with E-state index >= 15 is 0 Å². The molecule has 0 aliphatic carbocycles. The molecule has 0 aromatic carbocycles. The molecule has 14 heavy (non-hydrogen) atoms. The summed E-state index contributed by atoms with van der Waals surface area (Å²) in [4.78, 5) is 15.0. The molecule has 1 rings (SSSR count). The van der Waals surface area contributed by atoms with E-state index in [0.29, 0.717) is 12.3 Å². The quantitative estimate of drug-likeness (QED) is 0.665. The molecule has 0 spiro atoms. The summed E-state index contributed by atoms with van der Waals surface area (Å²) in [6.07, 6.45) is 0. The van der Waals surface area contributed by atoms with E-state index in [1.54, 1.807) is 0 Å². The standard InChI is InChI=1S/C8H17N3O2S/c1-10-2-4-11(5-3-10)6-7-14(13)8(9)12/h2-7H2,1H3,(H2,9,12). The highest BCUT2D eigenvalue weighted by molar-refractivity contribution is 8.00. The molecular weight excluding hydrogens is 202 g/mol. The highest BCUT2D eigenvalue weighted by atomic mass is 32.2. The lowest BCUT2D eigenvalue weighted by Gasteiger charge is -2.31. The number of nitrogens with zero attached hydrogens (tertiary/aromatic N) is 2. The zero-order valence-corrected chi connectivity index (χ0v) is 9.26. The van der Waals surface area contributed by atoms with Crippen molar-refractivity contribution in [1.82, 2.24) is 9.80 Å². The highest BCUT2D eigenvalue weighted by Crippen LogP contribution is 1.98. The average molecular weight is 219 g/mol. The molecule has 1 heterocycles. The third-order valence-electron chi connectivity index (χ3n) is 2.41. The average Bonchev–Trinajstić information content (AvgIpc) is 2.16. The van der Waals surface area contributed by atoms with Crippen LogP contribution in [0.1, 0.15) is 0 Å². The number of primary amides is 1. The van der Waals surface area contributed by atoms with Crippen molar-refractivity contribution in [2.75, 3.05) is 45.5 Å². The SMILES string of the molecule is CN1CCN(CCS(=O)C(N)=O)CC1. The van der Waals surface area contributed by atoms with Crippen molar-refractivity contribution in [1.29, 1.82) is 0 Å². The monoisotopic (exact) mass is 219 g/mol. The fourth-order valence-corrected chi connectivity index (χ4v) is 2.01. The molecule has 1 fully saturated rings. The summed E-state index contributed by atoms with van der Waals surface area (Å²) in [7, 11) is 0.584. The first-order chi connectivity index (χ1) is 6.59. The van der Waals surface area contributed by atoms with Crippen molar-refractivity contribution in [3.63, 3.8) is 0 Å². The van der Waals surface area contributed by atoms with Gasteiger partial charge in [0.05, 0.1) is 0 Å². The van der Waals surface area contributed by atoms with E-state index in [2.05, 4.69) is 16.8 Å². The number of carbonyl (C=O) groups is 1.